The molecule has 54 heteroatoms. The van der Waals surface area contributed by atoms with Gasteiger partial charge < -0.3 is 61.9 Å². The highest BCUT2D eigenvalue weighted by atomic mass is 35.5. The van der Waals surface area contributed by atoms with E-state index >= 15 is 0 Å². The summed E-state index contributed by atoms with van der Waals surface area (Å²) in [5.74, 6) is -5.98. The van der Waals surface area contributed by atoms with E-state index in [1.807, 2.05) is 28.3 Å². The predicted octanol–water partition coefficient (Wildman–Crippen LogP) is 20.8. The summed E-state index contributed by atoms with van der Waals surface area (Å²) >= 11 is 90.5. The Morgan fingerprint density at radius 2 is 0.357 bits per heavy atom. The SMILES string of the molecule is O=C(Nc1c(Cl)cc(O)cc1Cl)c1cc(C(=O)Nc2c(Cl)cc(O)cc2Cl)cc(C(=O)Nc2c(Cl)cc(O)cc2Cl)c1.O=S(=O)(Nc1c(Cl)cc(O)cc1Cl)c1cc(S(=O)(=O)Nc2c(Cl)cc(O)cc2Cl)cc(S(=O)(=O)Nc2c(Cl)cc(O)cc2Cl)c1.O=S(=O)(Nc1cc(Cl)ccc1O)c1cc(S(=O)(=O)Nc2cc(Cl)ccc2O)cc(S(=O)(=O)Nc2cc(Cl)ccc2O)c1. The number of nitrogens with one attached hydrogen (secondary N) is 9. The van der Waals surface area contributed by atoms with Crippen molar-refractivity contribution in [3.8, 4) is 51.7 Å². The van der Waals surface area contributed by atoms with E-state index in [9.17, 15) is 111 Å². The van der Waals surface area contributed by atoms with Crippen LogP contribution in [0.15, 0.2) is 211 Å². The molecular weight excluding hydrogens is 2140 g/mol. The molecule has 0 fully saturated rings. The molecule has 18 N–H and O–H groups in total. The number of carbonyl (C=O) groups excluding carboxylic acids is 3. The van der Waals surface area contributed by atoms with Gasteiger partial charge in [-0.25, -0.2) is 50.5 Å². The number of benzene rings is 12. The summed E-state index contributed by atoms with van der Waals surface area (Å²) in [7, 11) is -29.0. The number of carbonyl (C=O) groups is 3. The Morgan fingerprint density at radius 3 is 0.527 bits per heavy atom. The minimum Gasteiger partial charge on any atom is -0.508 e. The molecule has 0 heterocycles. The van der Waals surface area contributed by atoms with Crippen LogP contribution in [0.25, 0.3) is 0 Å². The first-order valence-electron chi connectivity index (χ1n) is 34.0. The van der Waals surface area contributed by atoms with E-state index in [0.717, 1.165) is 109 Å². The van der Waals surface area contributed by atoms with Crippen LogP contribution in [-0.4, -0.2) is 114 Å². The maximum absolute atomic E-state index is 13.5. The Morgan fingerprint density at radius 1 is 0.202 bits per heavy atom. The molecule has 0 spiro atoms. The molecule has 3 amide bonds. The standard InChI is InChI=1S/C27H15Cl6N3O6.C24H15Cl6N3O9S3.C24H18Cl3N3O9S3/c28-16-4-13(37)5-17(29)22(16)34-25(40)10-1-11(26(41)35-23-18(30)6-14(38)7-19(23)31)3-12(2-10)27(42)36-24-20(32)8-15(39)9-21(24)33;25-16-1-10(34)2-17(26)22(16)31-43(37,38)13-7-14(44(39,40)32-23-18(27)3-11(35)4-19(23)28)9-15(8-13)45(41,42)33-24-20(29)5-12(36)6-21(24)30;25-13-1-4-22(31)19(7-13)28-40(34,35)16-10-17(41(36,37)29-20-8-14(26)2-5-23(20)32)12-18(11-16)42(38,39)30-21-9-15(27)3-6-24(21)33/h1-9,37-39H,(H,34,40)(H,35,41)(H,36,42);1-9,31-36H;1-12,28-33H. The molecule has 0 radical (unpaired) electrons. The zero-order valence-corrected chi connectivity index (χ0v) is 78.8. The second-order valence-corrected chi connectivity index (χ2v) is 42.1. The van der Waals surface area contributed by atoms with Gasteiger partial charge in [0.2, 0.25) is 0 Å². The highest BCUT2D eigenvalue weighted by Crippen LogP contribution is 2.45. The molecule has 12 aromatic rings. The minimum absolute atomic E-state index is 0.0349. The van der Waals surface area contributed by atoms with Crippen molar-refractivity contribution in [1.29, 1.82) is 0 Å². The summed E-state index contributed by atoms with van der Waals surface area (Å²) in [5, 5.41) is 93.3. The molecule has 0 aliphatic rings. The number of phenols is 9. The third-order valence-electron chi connectivity index (χ3n) is 16.5. The lowest BCUT2D eigenvalue weighted by Crippen LogP contribution is -2.20. The van der Waals surface area contributed by atoms with E-state index in [-0.39, 0.29) is 143 Å². The van der Waals surface area contributed by atoms with Crippen LogP contribution in [0.2, 0.25) is 75.3 Å². The molecule has 0 bridgehead atoms. The maximum atomic E-state index is 13.5. The normalized spacial score (nSPS) is 11.7. The average molecular weight is 2180 g/mol. The summed E-state index contributed by atoms with van der Waals surface area (Å²) in [6, 6.07) is 30.3. The Labute approximate surface area is 805 Å². The minimum atomic E-state index is -4.88. The van der Waals surface area contributed by atoms with Gasteiger partial charge in [0.15, 0.2) is 0 Å². The number of aromatic hydroxyl groups is 9. The van der Waals surface area contributed by atoms with Gasteiger partial charge in [0.1, 0.15) is 51.7 Å². The molecular formula is C75H48Cl15N9O24S6. The Kier molecular flexibility index (Phi) is 31.7. The monoisotopic (exact) mass is 2170 g/mol. The van der Waals surface area contributed by atoms with Crippen molar-refractivity contribution in [3.63, 3.8) is 0 Å². The molecule has 0 unspecified atom stereocenters. The van der Waals surface area contributed by atoms with Crippen molar-refractivity contribution in [1.82, 2.24) is 0 Å². The molecule has 0 saturated carbocycles. The van der Waals surface area contributed by atoms with Crippen LogP contribution in [0.3, 0.4) is 0 Å². The molecule has 12 aromatic carbocycles. The van der Waals surface area contributed by atoms with Gasteiger partial charge in [-0.3, -0.25) is 42.7 Å². The third-order valence-corrected chi connectivity index (χ3v) is 28.8. The molecule has 0 aliphatic heterocycles. The smallest absolute Gasteiger partial charge is 0.262 e. The molecule has 33 nitrogen and oxygen atoms in total. The van der Waals surface area contributed by atoms with Crippen molar-refractivity contribution in [2.75, 3.05) is 44.3 Å². The number of rotatable bonds is 24. The molecule has 12 rings (SSSR count). The first-order valence-corrected chi connectivity index (χ1v) is 48.6. The first kappa shape index (κ1) is 101. The van der Waals surface area contributed by atoms with Crippen molar-refractivity contribution >= 4 is 303 Å². The van der Waals surface area contributed by atoms with Crippen LogP contribution in [0.5, 0.6) is 51.7 Å². The molecule has 129 heavy (non-hydrogen) atoms. The van der Waals surface area contributed by atoms with Gasteiger partial charge in [0.25, 0.3) is 77.9 Å². The molecule has 0 aliphatic carbocycles. The first-order chi connectivity index (χ1) is 59.9. The fourth-order valence-corrected chi connectivity index (χ4v) is 22.2. The fraction of sp³-hybridized carbons (Fsp3) is 0. The lowest BCUT2D eigenvalue weighted by atomic mass is 10.0. The van der Waals surface area contributed by atoms with Crippen LogP contribution < -0.4 is 44.3 Å². The number of halogens is 15. The number of hydrogen-bond donors (Lipinski definition) is 18. The highest BCUT2D eigenvalue weighted by molar-refractivity contribution is 7.95. The number of amides is 3. The Bertz CT molecular complexity index is 6540. The predicted molar refractivity (Wildman–Crippen MR) is 496 cm³/mol. The van der Waals surface area contributed by atoms with Gasteiger partial charge in [0, 0.05) is 105 Å². The Hall–Kier alpha value is -9.90. The second kappa shape index (κ2) is 40.4. The van der Waals surface area contributed by atoms with Crippen LogP contribution in [-0.2, 0) is 60.1 Å². The average Bonchev–Trinajstić information content (AvgIpc) is 0.762. The third kappa shape index (κ3) is 25.2. The molecule has 0 saturated heterocycles. The van der Waals surface area contributed by atoms with Crippen molar-refractivity contribution in [2.45, 2.75) is 29.4 Å². The number of phenolic OH excluding ortho intramolecular Hbond substituents is 9. The van der Waals surface area contributed by atoms with Crippen molar-refractivity contribution < 1.29 is 111 Å². The second-order valence-electron chi connectivity index (χ2n) is 25.8. The number of sulfonamides is 6. The van der Waals surface area contributed by atoms with E-state index in [2.05, 4.69) is 16.0 Å². The summed E-state index contributed by atoms with van der Waals surface area (Å²) in [6.07, 6.45) is 0. The topological polar surface area (TPSA) is 546 Å². The summed E-state index contributed by atoms with van der Waals surface area (Å²) in [6.45, 7) is 0. The fourth-order valence-electron chi connectivity index (χ4n) is 10.6. The molecule has 678 valence electrons. The highest BCUT2D eigenvalue weighted by Gasteiger charge is 2.33. The van der Waals surface area contributed by atoms with Crippen molar-refractivity contribution in [2.24, 2.45) is 0 Å². The summed E-state index contributed by atoms with van der Waals surface area (Å²) < 4.78 is 173. The van der Waals surface area contributed by atoms with E-state index in [1.165, 1.54) is 36.4 Å². The van der Waals surface area contributed by atoms with Crippen LogP contribution in [0.4, 0.5) is 51.2 Å². The van der Waals surface area contributed by atoms with Gasteiger partial charge in [-0.1, -0.05) is 174 Å². The van der Waals surface area contributed by atoms with Gasteiger partial charge in [-0.05, 0) is 109 Å². The maximum Gasteiger partial charge on any atom is 0.262 e. The largest absolute Gasteiger partial charge is 0.508 e. The van der Waals surface area contributed by atoms with Crippen LogP contribution in [0.1, 0.15) is 31.1 Å². The van der Waals surface area contributed by atoms with Gasteiger partial charge >= 0.3 is 0 Å². The zero-order valence-electron chi connectivity index (χ0n) is 62.6. The van der Waals surface area contributed by atoms with Crippen molar-refractivity contribution in [3.05, 3.63) is 274 Å². The van der Waals surface area contributed by atoms with E-state index in [1.54, 1.807) is 0 Å². The van der Waals surface area contributed by atoms with E-state index in [0.29, 0.717) is 36.4 Å². The van der Waals surface area contributed by atoms with Crippen LogP contribution >= 0.6 is 174 Å². The Balaban J connectivity index is 0.000000201. The number of hydrogen-bond acceptors (Lipinski definition) is 24. The van der Waals surface area contributed by atoms with E-state index < -0.39 is 159 Å². The lowest BCUT2D eigenvalue weighted by Gasteiger charge is -2.17. The molecule has 0 aromatic heterocycles. The van der Waals surface area contributed by atoms with E-state index in [4.69, 9.17) is 174 Å². The summed E-state index contributed by atoms with van der Waals surface area (Å²) in [5.41, 5.74) is -3.07. The van der Waals surface area contributed by atoms with Gasteiger partial charge in [0.05, 0.1) is 141 Å². The quantitative estimate of drug-likeness (QED) is 0.0197. The van der Waals surface area contributed by atoms with Crippen LogP contribution in [0, 0.1) is 0 Å². The summed E-state index contributed by atoms with van der Waals surface area (Å²) in [4.78, 5) is 34.4. The van der Waals surface area contributed by atoms with Gasteiger partial charge in [-0.2, -0.15) is 0 Å². The number of anilines is 9. The lowest BCUT2D eigenvalue weighted by molar-refractivity contribution is 0.102. The molecule has 0 atom stereocenters. The van der Waals surface area contributed by atoms with Gasteiger partial charge in [-0.15, -0.1) is 0 Å². The zero-order chi connectivity index (χ0) is 95.6.